The zero-order valence-electron chi connectivity index (χ0n) is 8.63. The van der Waals surface area contributed by atoms with E-state index >= 15 is 0 Å². The SMILES string of the molecule is FC(F)(F)c1cc(-c2ccccc2)ccc1I. The summed E-state index contributed by atoms with van der Waals surface area (Å²) in [5.74, 6) is 0. The summed E-state index contributed by atoms with van der Waals surface area (Å²) in [6.07, 6.45) is -4.30. The fourth-order valence-corrected chi connectivity index (χ4v) is 2.19. The molecular formula is C13H8F3I. The molecule has 0 radical (unpaired) electrons. The highest BCUT2D eigenvalue weighted by molar-refractivity contribution is 14.1. The van der Waals surface area contributed by atoms with Crippen LogP contribution in [-0.4, -0.2) is 0 Å². The van der Waals surface area contributed by atoms with Crippen LogP contribution in [-0.2, 0) is 6.18 Å². The Morgan fingerprint density at radius 1 is 0.824 bits per heavy atom. The van der Waals surface area contributed by atoms with E-state index in [1.807, 2.05) is 6.07 Å². The van der Waals surface area contributed by atoms with Gasteiger partial charge in [0.15, 0.2) is 0 Å². The molecule has 0 unspecified atom stereocenters. The second-order valence-electron chi connectivity index (χ2n) is 3.56. The molecule has 0 saturated carbocycles. The molecule has 0 nitrogen and oxygen atoms in total. The van der Waals surface area contributed by atoms with Gasteiger partial charge >= 0.3 is 6.18 Å². The van der Waals surface area contributed by atoms with Crippen molar-refractivity contribution in [1.29, 1.82) is 0 Å². The average Bonchev–Trinajstić information content (AvgIpc) is 2.29. The number of hydrogen-bond acceptors (Lipinski definition) is 0. The van der Waals surface area contributed by atoms with Crippen molar-refractivity contribution >= 4 is 22.6 Å². The van der Waals surface area contributed by atoms with E-state index in [1.54, 1.807) is 52.9 Å². The van der Waals surface area contributed by atoms with Gasteiger partial charge in [0.2, 0.25) is 0 Å². The Hall–Kier alpha value is -1.04. The van der Waals surface area contributed by atoms with Crippen molar-refractivity contribution in [3.05, 3.63) is 57.7 Å². The van der Waals surface area contributed by atoms with Crippen molar-refractivity contribution in [2.45, 2.75) is 6.18 Å². The molecule has 2 aromatic rings. The summed E-state index contributed by atoms with van der Waals surface area (Å²) in [6, 6.07) is 13.4. The molecule has 2 aromatic carbocycles. The van der Waals surface area contributed by atoms with Gasteiger partial charge in [0.1, 0.15) is 0 Å². The zero-order chi connectivity index (χ0) is 12.5. The predicted octanol–water partition coefficient (Wildman–Crippen LogP) is 4.98. The van der Waals surface area contributed by atoms with Crippen molar-refractivity contribution < 1.29 is 13.2 Å². The molecule has 17 heavy (non-hydrogen) atoms. The highest BCUT2D eigenvalue weighted by Gasteiger charge is 2.33. The first kappa shape index (κ1) is 12.4. The summed E-state index contributed by atoms with van der Waals surface area (Å²) < 4.78 is 38.4. The number of alkyl halides is 3. The molecule has 0 atom stereocenters. The summed E-state index contributed by atoms with van der Waals surface area (Å²) in [6.45, 7) is 0. The first-order chi connectivity index (χ1) is 7.98. The van der Waals surface area contributed by atoms with Gasteiger partial charge in [0, 0.05) is 3.57 Å². The molecule has 0 aliphatic heterocycles. The molecule has 2 rings (SSSR count). The normalized spacial score (nSPS) is 11.5. The van der Waals surface area contributed by atoms with Crippen LogP contribution in [0.4, 0.5) is 13.2 Å². The minimum Gasteiger partial charge on any atom is -0.166 e. The summed E-state index contributed by atoms with van der Waals surface area (Å²) in [5, 5.41) is 0. The van der Waals surface area contributed by atoms with E-state index in [2.05, 4.69) is 0 Å². The Kier molecular flexibility index (Phi) is 3.42. The monoisotopic (exact) mass is 348 g/mol. The third-order valence-electron chi connectivity index (χ3n) is 2.38. The standard InChI is InChI=1S/C13H8F3I/c14-13(15,16)11-8-10(6-7-12(11)17)9-4-2-1-3-5-9/h1-8H. The highest BCUT2D eigenvalue weighted by Crippen LogP contribution is 2.35. The molecule has 0 aliphatic carbocycles. The largest absolute Gasteiger partial charge is 0.417 e. The molecule has 0 amide bonds. The topological polar surface area (TPSA) is 0 Å². The van der Waals surface area contributed by atoms with Crippen molar-refractivity contribution in [1.82, 2.24) is 0 Å². The Bertz CT molecular complexity index is 518. The van der Waals surface area contributed by atoms with Crippen LogP contribution in [0.5, 0.6) is 0 Å². The van der Waals surface area contributed by atoms with E-state index in [1.165, 1.54) is 12.1 Å². The van der Waals surface area contributed by atoms with E-state index < -0.39 is 11.7 Å². The lowest BCUT2D eigenvalue weighted by atomic mass is 10.0. The van der Waals surface area contributed by atoms with Crippen LogP contribution in [0, 0.1) is 3.57 Å². The van der Waals surface area contributed by atoms with E-state index in [0.29, 0.717) is 5.56 Å². The summed E-state index contributed by atoms with van der Waals surface area (Å²) in [7, 11) is 0. The number of rotatable bonds is 1. The van der Waals surface area contributed by atoms with E-state index in [0.717, 1.165) is 5.56 Å². The van der Waals surface area contributed by atoms with Crippen molar-refractivity contribution in [3.8, 4) is 11.1 Å². The zero-order valence-corrected chi connectivity index (χ0v) is 10.8. The van der Waals surface area contributed by atoms with Gasteiger partial charge < -0.3 is 0 Å². The van der Waals surface area contributed by atoms with Crippen molar-refractivity contribution in [3.63, 3.8) is 0 Å². The Labute approximate surface area is 111 Å². The van der Waals surface area contributed by atoms with Gasteiger partial charge in [0.25, 0.3) is 0 Å². The maximum absolute atomic E-state index is 12.7. The van der Waals surface area contributed by atoms with Crippen LogP contribution in [0.3, 0.4) is 0 Å². The summed E-state index contributed by atoms with van der Waals surface area (Å²) in [5.41, 5.74) is 0.784. The predicted molar refractivity (Wildman–Crippen MR) is 69.6 cm³/mol. The van der Waals surface area contributed by atoms with Gasteiger partial charge in [-0.3, -0.25) is 0 Å². The molecule has 0 aliphatic rings. The molecule has 0 aromatic heterocycles. The van der Waals surface area contributed by atoms with Gasteiger partial charge in [-0.1, -0.05) is 36.4 Å². The van der Waals surface area contributed by atoms with Gasteiger partial charge in [-0.15, -0.1) is 0 Å². The van der Waals surface area contributed by atoms with Gasteiger partial charge in [0.05, 0.1) is 5.56 Å². The van der Waals surface area contributed by atoms with Crippen LogP contribution < -0.4 is 0 Å². The molecule has 0 N–H and O–H groups in total. The molecule has 0 spiro atoms. The highest BCUT2D eigenvalue weighted by atomic mass is 127. The van der Waals surface area contributed by atoms with Crippen LogP contribution >= 0.6 is 22.6 Å². The molecule has 0 saturated heterocycles. The molecule has 0 bridgehead atoms. The number of benzene rings is 2. The third-order valence-corrected chi connectivity index (χ3v) is 3.32. The Balaban J connectivity index is 2.53. The Morgan fingerprint density at radius 2 is 1.47 bits per heavy atom. The smallest absolute Gasteiger partial charge is 0.166 e. The fraction of sp³-hybridized carbons (Fsp3) is 0.0769. The third kappa shape index (κ3) is 2.80. The molecule has 0 fully saturated rings. The maximum Gasteiger partial charge on any atom is 0.417 e. The van der Waals surface area contributed by atoms with Gasteiger partial charge in [-0.25, -0.2) is 0 Å². The average molecular weight is 348 g/mol. The quantitative estimate of drug-likeness (QED) is 0.638. The van der Waals surface area contributed by atoms with Crippen LogP contribution in [0.25, 0.3) is 11.1 Å². The lowest BCUT2D eigenvalue weighted by molar-refractivity contribution is -0.138. The second kappa shape index (κ2) is 4.68. The van der Waals surface area contributed by atoms with Crippen LogP contribution in [0.15, 0.2) is 48.5 Å². The van der Waals surface area contributed by atoms with E-state index in [-0.39, 0.29) is 3.57 Å². The first-order valence-corrected chi connectivity index (χ1v) is 5.98. The van der Waals surface area contributed by atoms with Crippen molar-refractivity contribution in [2.75, 3.05) is 0 Å². The minimum atomic E-state index is -4.30. The van der Waals surface area contributed by atoms with Crippen molar-refractivity contribution in [2.24, 2.45) is 0 Å². The van der Waals surface area contributed by atoms with E-state index in [9.17, 15) is 13.2 Å². The molecular weight excluding hydrogens is 340 g/mol. The summed E-state index contributed by atoms with van der Waals surface area (Å²) in [4.78, 5) is 0. The van der Waals surface area contributed by atoms with Crippen LogP contribution in [0.2, 0.25) is 0 Å². The summed E-state index contributed by atoms with van der Waals surface area (Å²) >= 11 is 1.70. The number of halogens is 4. The Morgan fingerprint density at radius 3 is 2.06 bits per heavy atom. The lowest BCUT2D eigenvalue weighted by Gasteiger charge is -2.11. The first-order valence-electron chi connectivity index (χ1n) is 4.90. The van der Waals surface area contributed by atoms with Gasteiger partial charge in [-0.2, -0.15) is 13.2 Å². The maximum atomic E-state index is 12.7. The minimum absolute atomic E-state index is 0.217. The second-order valence-corrected chi connectivity index (χ2v) is 4.72. The lowest BCUT2D eigenvalue weighted by Crippen LogP contribution is -2.07. The van der Waals surface area contributed by atoms with Crippen LogP contribution in [0.1, 0.15) is 5.56 Å². The van der Waals surface area contributed by atoms with E-state index in [4.69, 9.17) is 0 Å². The van der Waals surface area contributed by atoms with Gasteiger partial charge in [-0.05, 0) is 45.9 Å². The molecule has 0 heterocycles. The fourth-order valence-electron chi connectivity index (χ4n) is 1.55. The molecule has 88 valence electrons. The molecule has 4 heteroatoms. The number of hydrogen-bond donors (Lipinski definition) is 0.